The Labute approximate surface area is 138 Å². The summed E-state index contributed by atoms with van der Waals surface area (Å²) in [5, 5.41) is 5.87. The number of likely N-dealkylation sites (N-methyl/N-ethyl adjacent to an activating group) is 1. The second-order valence-corrected chi connectivity index (χ2v) is 5.47. The minimum absolute atomic E-state index is 0.0981. The Morgan fingerprint density at radius 1 is 1.18 bits per heavy atom. The van der Waals surface area contributed by atoms with E-state index >= 15 is 0 Å². The Hall–Kier alpha value is -1.79. The number of amides is 3. The fraction of sp³-hybridized carbons (Fsp3) is 0.357. The number of carbonyl (C=O) groups excluding carboxylic acids is 3. The van der Waals surface area contributed by atoms with E-state index in [-0.39, 0.29) is 37.2 Å². The number of nitrogens with zero attached hydrogens (tertiary/aromatic N) is 1. The number of hydrogen-bond donors (Lipinski definition) is 2. The lowest BCUT2D eigenvalue weighted by Gasteiger charge is -2.17. The van der Waals surface area contributed by atoms with Gasteiger partial charge in [-0.3, -0.25) is 14.4 Å². The van der Waals surface area contributed by atoms with Crippen LogP contribution in [0.1, 0.15) is 13.3 Å². The first-order chi connectivity index (χ1) is 10.3. The van der Waals surface area contributed by atoms with Gasteiger partial charge in [-0.1, -0.05) is 23.2 Å². The molecule has 0 unspecified atom stereocenters. The van der Waals surface area contributed by atoms with Crippen molar-refractivity contribution in [1.82, 2.24) is 10.2 Å². The molecule has 0 aliphatic rings. The van der Waals surface area contributed by atoms with Crippen LogP contribution in [0.2, 0.25) is 10.0 Å². The monoisotopic (exact) mass is 345 g/mol. The predicted molar refractivity (Wildman–Crippen MR) is 86.0 cm³/mol. The highest BCUT2D eigenvalue weighted by molar-refractivity contribution is 6.42. The summed E-state index contributed by atoms with van der Waals surface area (Å²) in [6, 6.07) is 4.72. The third-order valence-electron chi connectivity index (χ3n) is 2.72. The molecule has 0 heterocycles. The van der Waals surface area contributed by atoms with Crippen molar-refractivity contribution in [3.8, 4) is 0 Å². The van der Waals surface area contributed by atoms with Crippen molar-refractivity contribution in [2.75, 3.05) is 25.5 Å². The van der Waals surface area contributed by atoms with E-state index in [4.69, 9.17) is 23.2 Å². The van der Waals surface area contributed by atoms with Crippen LogP contribution in [0, 0.1) is 0 Å². The van der Waals surface area contributed by atoms with Crippen molar-refractivity contribution >= 4 is 46.6 Å². The van der Waals surface area contributed by atoms with Crippen molar-refractivity contribution in [2.24, 2.45) is 0 Å². The van der Waals surface area contributed by atoms with Crippen LogP contribution in [-0.4, -0.2) is 42.8 Å². The second-order valence-electron chi connectivity index (χ2n) is 4.66. The van der Waals surface area contributed by atoms with Crippen molar-refractivity contribution in [3.63, 3.8) is 0 Å². The minimum Gasteiger partial charge on any atom is -0.356 e. The van der Waals surface area contributed by atoms with Crippen LogP contribution >= 0.6 is 23.2 Å². The summed E-state index contributed by atoms with van der Waals surface area (Å²) < 4.78 is 0. The number of hydrogen-bond acceptors (Lipinski definition) is 3. The molecule has 1 aromatic carbocycles. The molecule has 0 saturated carbocycles. The molecule has 0 spiro atoms. The van der Waals surface area contributed by atoms with Crippen molar-refractivity contribution < 1.29 is 14.4 Å². The van der Waals surface area contributed by atoms with E-state index in [1.54, 1.807) is 12.1 Å². The number of nitrogens with one attached hydrogen (secondary N) is 2. The van der Waals surface area contributed by atoms with Gasteiger partial charge in [-0.2, -0.15) is 0 Å². The van der Waals surface area contributed by atoms with E-state index in [9.17, 15) is 14.4 Å². The third kappa shape index (κ3) is 6.32. The molecule has 0 atom stereocenters. The van der Waals surface area contributed by atoms with Crippen LogP contribution in [0.15, 0.2) is 18.2 Å². The maximum absolute atomic E-state index is 11.9. The molecule has 3 amide bonds. The fourth-order valence-electron chi connectivity index (χ4n) is 1.61. The molecular weight excluding hydrogens is 329 g/mol. The molecule has 120 valence electrons. The van der Waals surface area contributed by atoms with Gasteiger partial charge in [-0.05, 0) is 18.2 Å². The van der Waals surface area contributed by atoms with Gasteiger partial charge in [0.25, 0.3) is 0 Å². The topological polar surface area (TPSA) is 78.5 Å². The van der Waals surface area contributed by atoms with E-state index in [0.29, 0.717) is 15.7 Å². The van der Waals surface area contributed by atoms with Gasteiger partial charge in [-0.15, -0.1) is 0 Å². The first-order valence-corrected chi connectivity index (χ1v) is 7.28. The Morgan fingerprint density at radius 2 is 1.86 bits per heavy atom. The van der Waals surface area contributed by atoms with E-state index in [1.807, 2.05) is 0 Å². The number of anilines is 1. The molecule has 0 fully saturated rings. The van der Waals surface area contributed by atoms with Crippen LogP contribution in [-0.2, 0) is 14.4 Å². The molecule has 22 heavy (non-hydrogen) atoms. The smallest absolute Gasteiger partial charge is 0.243 e. The van der Waals surface area contributed by atoms with Gasteiger partial charge in [0.2, 0.25) is 17.7 Å². The molecule has 0 aromatic heterocycles. The Balaban J connectivity index is 2.44. The van der Waals surface area contributed by atoms with Gasteiger partial charge in [0.1, 0.15) is 0 Å². The highest BCUT2D eigenvalue weighted by Crippen LogP contribution is 2.24. The lowest BCUT2D eigenvalue weighted by molar-refractivity contribution is -0.133. The average molecular weight is 346 g/mol. The molecule has 0 aliphatic carbocycles. The van der Waals surface area contributed by atoms with Gasteiger partial charge in [-0.25, -0.2) is 0 Å². The molecule has 0 aliphatic heterocycles. The maximum atomic E-state index is 11.9. The van der Waals surface area contributed by atoms with E-state index in [0.717, 1.165) is 0 Å². The summed E-state index contributed by atoms with van der Waals surface area (Å²) >= 11 is 11.6. The van der Waals surface area contributed by atoms with Gasteiger partial charge in [0.15, 0.2) is 0 Å². The molecule has 0 bridgehead atoms. The summed E-state index contributed by atoms with van der Waals surface area (Å²) in [6.45, 7) is 1.52. The Kier molecular flexibility index (Phi) is 7.14. The molecule has 6 nitrogen and oxygen atoms in total. The molecular formula is C14H17Cl2N3O3. The van der Waals surface area contributed by atoms with Crippen molar-refractivity contribution in [1.29, 1.82) is 0 Å². The highest BCUT2D eigenvalue weighted by Gasteiger charge is 2.13. The lowest BCUT2D eigenvalue weighted by Crippen LogP contribution is -2.36. The Morgan fingerprint density at radius 3 is 2.45 bits per heavy atom. The fourth-order valence-corrected chi connectivity index (χ4v) is 1.91. The predicted octanol–water partition coefficient (Wildman–Crippen LogP) is 1.92. The van der Waals surface area contributed by atoms with Crippen LogP contribution < -0.4 is 10.6 Å². The SMILES string of the molecule is CC(=O)NCCC(=O)N(C)CC(=O)Nc1ccc(Cl)c(Cl)c1. The van der Waals surface area contributed by atoms with E-state index in [1.165, 1.54) is 24.9 Å². The zero-order chi connectivity index (χ0) is 16.7. The lowest BCUT2D eigenvalue weighted by atomic mass is 10.3. The molecule has 1 aromatic rings. The minimum atomic E-state index is -0.353. The molecule has 8 heteroatoms. The van der Waals surface area contributed by atoms with Crippen LogP contribution in [0.5, 0.6) is 0 Å². The quantitative estimate of drug-likeness (QED) is 0.826. The van der Waals surface area contributed by atoms with Crippen LogP contribution in [0.25, 0.3) is 0 Å². The summed E-state index contributed by atoms with van der Waals surface area (Å²) in [4.78, 5) is 35.6. The maximum Gasteiger partial charge on any atom is 0.243 e. The van der Waals surface area contributed by atoms with Gasteiger partial charge >= 0.3 is 0 Å². The summed E-state index contributed by atoms with van der Waals surface area (Å²) in [6.07, 6.45) is 0.135. The van der Waals surface area contributed by atoms with Gasteiger partial charge in [0, 0.05) is 32.6 Å². The normalized spacial score (nSPS) is 10.0. The summed E-state index contributed by atoms with van der Waals surface area (Å²) in [7, 11) is 1.52. The molecule has 0 radical (unpaired) electrons. The van der Waals surface area contributed by atoms with Crippen molar-refractivity contribution in [2.45, 2.75) is 13.3 Å². The largest absolute Gasteiger partial charge is 0.356 e. The van der Waals surface area contributed by atoms with E-state index in [2.05, 4.69) is 10.6 Å². The number of rotatable bonds is 6. The first kappa shape index (κ1) is 18.3. The number of halogens is 2. The summed E-state index contributed by atoms with van der Waals surface area (Å²) in [5.74, 6) is -0.792. The Bertz CT molecular complexity index is 578. The van der Waals surface area contributed by atoms with E-state index < -0.39 is 0 Å². The first-order valence-electron chi connectivity index (χ1n) is 6.53. The standard InChI is InChI=1S/C14H17Cl2N3O3/c1-9(20)17-6-5-14(22)19(2)8-13(21)18-10-3-4-11(15)12(16)7-10/h3-4,7H,5-6,8H2,1-2H3,(H,17,20)(H,18,21). The average Bonchev–Trinajstić information content (AvgIpc) is 2.42. The van der Waals surface area contributed by atoms with Gasteiger partial charge in [0.05, 0.1) is 16.6 Å². The number of benzene rings is 1. The third-order valence-corrected chi connectivity index (χ3v) is 3.46. The molecule has 2 N–H and O–H groups in total. The number of carbonyl (C=O) groups is 3. The molecule has 1 rings (SSSR count). The summed E-state index contributed by atoms with van der Waals surface area (Å²) in [5.41, 5.74) is 0.499. The highest BCUT2D eigenvalue weighted by atomic mass is 35.5. The second kappa shape index (κ2) is 8.60. The zero-order valence-electron chi connectivity index (χ0n) is 12.3. The zero-order valence-corrected chi connectivity index (χ0v) is 13.8. The van der Waals surface area contributed by atoms with Gasteiger partial charge < -0.3 is 15.5 Å². The van der Waals surface area contributed by atoms with Crippen molar-refractivity contribution in [3.05, 3.63) is 28.2 Å². The van der Waals surface area contributed by atoms with Crippen LogP contribution in [0.4, 0.5) is 5.69 Å². The molecule has 0 saturated heterocycles. The van der Waals surface area contributed by atoms with Crippen LogP contribution in [0.3, 0.4) is 0 Å².